The van der Waals surface area contributed by atoms with Gasteiger partial charge in [0.25, 0.3) is 5.91 Å². The van der Waals surface area contributed by atoms with Crippen LogP contribution in [0, 0.1) is 12.7 Å². The molecule has 1 aliphatic rings. The molecule has 1 atom stereocenters. The Bertz CT molecular complexity index is 822. The number of hydrogen-bond donors (Lipinski definition) is 1. The smallest absolute Gasteiger partial charge is 0.267 e. The first-order valence-electron chi connectivity index (χ1n) is 8.09. The van der Waals surface area contributed by atoms with E-state index in [9.17, 15) is 14.0 Å². The lowest BCUT2D eigenvalue weighted by molar-refractivity contribution is -0.125. The molecule has 0 bridgehead atoms. The Morgan fingerprint density at radius 2 is 2.04 bits per heavy atom. The lowest BCUT2D eigenvalue weighted by atomic mass is 10.1. The molecule has 6 heteroatoms. The molecule has 0 aliphatic carbocycles. The third kappa shape index (κ3) is 3.63. The number of ether oxygens (including phenoxy) is 1. The molecule has 2 aromatic rings. The zero-order valence-electron chi connectivity index (χ0n) is 14.1. The average Bonchev–Trinajstić information content (AvgIpc) is 2.58. The third-order valence-electron chi connectivity index (χ3n) is 4.03. The van der Waals surface area contributed by atoms with Gasteiger partial charge in [-0.2, -0.15) is 0 Å². The average molecular weight is 342 g/mol. The minimum absolute atomic E-state index is 0.0557. The molecule has 0 fully saturated rings. The van der Waals surface area contributed by atoms with E-state index in [0.29, 0.717) is 11.4 Å². The molecule has 25 heavy (non-hydrogen) atoms. The van der Waals surface area contributed by atoms with Crippen LogP contribution in [0.25, 0.3) is 0 Å². The lowest BCUT2D eigenvalue weighted by Gasteiger charge is -2.32. The van der Waals surface area contributed by atoms with Crippen molar-refractivity contribution in [1.82, 2.24) is 0 Å². The van der Waals surface area contributed by atoms with Crippen LogP contribution in [0.15, 0.2) is 42.5 Å². The van der Waals surface area contributed by atoms with E-state index >= 15 is 0 Å². The summed E-state index contributed by atoms with van der Waals surface area (Å²) in [4.78, 5) is 26.1. The van der Waals surface area contributed by atoms with Gasteiger partial charge in [-0.1, -0.05) is 18.2 Å². The highest BCUT2D eigenvalue weighted by atomic mass is 19.1. The number of carbonyl (C=O) groups is 2. The molecule has 1 heterocycles. The SMILES string of the molecule is Cc1ccc(F)c(NC(=O)CCN2C(=O)[C@H](C)Oc3ccccc32)c1. The number of amides is 2. The summed E-state index contributed by atoms with van der Waals surface area (Å²) in [7, 11) is 0. The molecule has 0 saturated carbocycles. The maximum atomic E-state index is 13.7. The fourth-order valence-electron chi connectivity index (χ4n) is 2.75. The molecule has 1 aliphatic heterocycles. The Labute approximate surface area is 145 Å². The van der Waals surface area contributed by atoms with Gasteiger partial charge in [-0.3, -0.25) is 9.59 Å². The van der Waals surface area contributed by atoms with Crippen molar-refractivity contribution in [3.8, 4) is 5.75 Å². The Morgan fingerprint density at radius 1 is 1.28 bits per heavy atom. The van der Waals surface area contributed by atoms with Crippen LogP contribution in [0.5, 0.6) is 5.75 Å². The molecule has 2 amide bonds. The highest BCUT2D eigenvalue weighted by Gasteiger charge is 2.31. The Morgan fingerprint density at radius 3 is 2.84 bits per heavy atom. The molecule has 2 aromatic carbocycles. The molecule has 130 valence electrons. The lowest BCUT2D eigenvalue weighted by Crippen LogP contribution is -2.45. The van der Waals surface area contributed by atoms with Gasteiger partial charge in [0.15, 0.2) is 6.10 Å². The van der Waals surface area contributed by atoms with Crippen molar-refractivity contribution in [2.75, 3.05) is 16.8 Å². The van der Waals surface area contributed by atoms with Crippen molar-refractivity contribution in [3.63, 3.8) is 0 Å². The first kappa shape index (κ1) is 17.0. The van der Waals surface area contributed by atoms with Crippen molar-refractivity contribution in [3.05, 3.63) is 53.8 Å². The van der Waals surface area contributed by atoms with Crippen LogP contribution >= 0.6 is 0 Å². The second-order valence-corrected chi connectivity index (χ2v) is 6.00. The zero-order valence-corrected chi connectivity index (χ0v) is 14.1. The summed E-state index contributed by atoms with van der Waals surface area (Å²) < 4.78 is 19.3. The normalized spacial score (nSPS) is 16.2. The highest BCUT2D eigenvalue weighted by molar-refractivity contribution is 6.00. The van der Waals surface area contributed by atoms with Crippen molar-refractivity contribution < 1.29 is 18.7 Å². The summed E-state index contributed by atoms with van der Waals surface area (Å²) in [6, 6.07) is 11.7. The van der Waals surface area contributed by atoms with E-state index in [1.807, 2.05) is 13.0 Å². The number of rotatable bonds is 4. The summed E-state index contributed by atoms with van der Waals surface area (Å²) >= 11 is 0. The van der Waals surface area contributed by atoms with Gasteiger partial charge in [-0.25, -0.2) is 4.39 Å². The fourth-order valence-corrected chi connectivity index (χ4v) is 2.75. The largest absolute Gasteiger partial charge is 0.479 e. The van der Waals surface area contributed by atoms with Crippen LogP contribution in [-0.2, 0) is 9.59 Å². The third-order valence-corrected chi connectivity index (χ3v) is 4.03. The maximum Gasteiger partial charge on any atom is 0.267 e. The summed E-state index contributed by atoms with van der Waals surface area (Å²) in [5.74, 6) is -0.428. The number of halogens is 1. The summed E-state index contributed by atoms with van der Waals surface area (Å²) in [6.07, 6.45) is -0.549. The molecular formula is C19H19FN2O3. The topological polar surface area (TPSA) is 58.6 Å². The summed E-state index contributed by atoms with van der Waals surface area (Å²) in [5.41, 5.74) is 1.63. The molecule has 5 nitrogen and oxygen atoms in total. The van der Waals surface area contributed by atoms with Gasteiger partial charge >= 0.3 is 0 Å². The van der Waals surface area contributed by atoms with Crippen LogP contribution in [0.1, 0.15) is 18.9 Å². The van der Waals surface area contributed by atoms with Crippen molar-refractivity contribution in [2.24, 2.45) is 0 Å². The molecular weight excluding hydrogens is 323 g/mol. The Balaban J connectivity index is 1.69. The van der Waals surface area contributed by atoms with E-state index in [2.05, 4.69) is 5.32 Å². The molecule has 0 aromatic heterocycles. The van der Waals surface area contributed by atoms with Gasteiger partial charge in [-0.05, 0) is 43.7 Å². The van der Waals surface area contributed by atoms with Crippen LogP contribution < -0.4 is 15.0 Å². The number of benzene rings is 2. The molecule has 0 saturated heterocycles. The number of nitrogens with zero attached hydrogens (tertiary/aromatic N) is 1. The van der Waals surface area contributed by atoms with Crippen molar-refractivity contribution in [2.45, 2.75) is 26.4 Å². The fraction of sp³-hybridized carbons (Fsp3) is 0.263. The van der Waals surface area contributed by atoms with Crippen LogP contribution in [0.4, 0.5) is 15.8 Å². The zero-order chi connectivity index (χ0) is 18.0. The number of aryl methyl sites for hydroxylation is 1. The van der Waals surface area contributed by atoms with Gasteiger partial charge in [-0.15, -0.1) is 0 Å². The highest BCUT2D eigenvalue weighted by Crippen LogP contribution is 2.33. The van der Waals surface area contributed by atoms with Gasteiger partial charge in [0.05, 0.1) is 11.4 Å². The minimum Gasteiger partial charge on any atom is -0.479 e. The molecule has 1 N–H and O–H groups in total. The number of hydrogen-bond acceptors (Lipinski definition) is 3. The standard InChI is InChI=1S/C19H19FN2O3/c1-12-7-8-14(20)15(11-12)21-18(23)9-10-22-16-5-3-4-6-17(16)25-13(2)19(22)24/h3-8,11,13H,9-10H2,1-2H3,(H,21,23)/t13-/m0/s1. The number of anilines is 2. The second-order valence-electron chi connectivity index (χ2n) is 6.00. The first-order chi connectivity index (χ1) is 12.0. The van der Waals surface area contributed by atoms with Crippen LogP contribution in [-0.4, -0.2) is 24.5 Å². The van der Waals surface area contributed by atoms with E-state index in [1.165, 1.54) is 11.0 Å². The van der Waals surface area contributed by atoms with Gasteiger partial charge in [0, 0.05) is 13.0 Å². The number of fused-ring (bicyclic) bond motifs is 1. The predicted molar refractivity (Wildman–Crippen MR) is 93.3 cm³/mol. The number of nitrogens with one attached hydrogen (secondary N) is 1. The van der Waals surface area contributed by atoms with E-state index in [1.54, 1.807) is 37.3 Å². The van der Waals surface area contributed by atoms with E-state index in [-0.39, 0.29) is 30.5 Å². The number of para-hydroxylation sites is 2. The predicted octanol–water partition coefficient (Wildman–Crippen LogP) is 3.28. The quantitative estimate of drug-likeness (QED) is 0.928. The molecule has 0 unspecified atom stereocenters. The van der Waals surface area contributed by atoms with Gasteiger partial charge in [0.1, 0.15) is 11.6 Å². The van der Waals surface area contributed by atoms with Gasteiger partial charge in [0.2, 0.25) is 5.91 Å². The van der Waals surface area contributed by atoms with E-state index < -0.39 is 11.9 Å². The monoisotopic (exact) mass is 342 g/mol. The number of carbonyl (C=O) groups excluding carboxylic acids is 2. The van der Waals surface area contributed by atoms with Crippen molar-refractivity contribution in [1.29, 1.82) is 0 Å². The summed E-state index contributed by atoms with van der Waals surface area (Å²) in [6.45, 7) is 3.69. The molecule has 0 radical (unpaired) electrons. The van der Waals surface area contributed by atoms with Crippen molar-refractivity contribution >= 4 is 23.2 Å². The summed E-state index contributed by atoms with van der Waals surface area (Å²) in [5, 5.41) is 2.56. The van der Waals surface area contributed by atoms with Crippen LogP contribution in [0.3, 0.4) is 0 Å². The molecule has 0 spiro atoms. The first-order valence-corrected chi connectivity index (χ1v) is 8.09. The maximum absolute atomic E-state index is 13.7. The van der Waals surface area contributed by atoms with Gasteiger partial charge < -0.3 is 15.0 Å². The van der Waals surface area contributed by atoms with Crippen LogP contribution in [0.2, 0.25) is 0 Å². The van der Waals surface area contributed by atoms with E-state index in [0.717, 1.165) is 5.56 Å². The minimum atomic E-state index is -0.604. The van der Waals surface area contributed by atoms with E-state index in [4.69, 9.17) is 4.74 Å². The Kier molecular flexibility index (Phi) is 4.70. The Hall–Kier alpha value is -2.89. The molecule has 3 rings (SSSR count). The second kappa shape index (κ2) is 6.93.